The predicted molar refractivity (Wildman–Crippen MR) is 59.9 cm³/mol. The summed E-state index contributed by atoms with van der Waals surface area (Å²) in [5.74, 6) is -0.507. The molecular formula is C11H16N4O2. The van der Waals surface area contributed by atoms with Crippen molar-refractivity contribution in [3.63, 3.8) is 0 Å². The molecule has 0 aromatic heterocycles. The Labute approximate surface area is 100.0 Å². The van der Waals surface area contributed by atoms with E-state index in [9.17, 15) is 9.59 Å². The Morgan fingerprint density at radius 2 is 2.12 bits per heavy atom. The standard InChI is InChI=1S/C11H16N4O2/c1-8(6-12)7-15-9(16)11(14-10(15)17)2-4-13-5-3-11/h8,13H,2-5,7H2,1H3,(H,14,17). The van der Waals surface area contributed by atoms with Gasteiger partial charge in [-0.25, -0.2) is 4.79 Å². The lowest BCUT2D eigenvalue weighted by atomic mass is 9.88. The third-order valence-electron chi connectivity index (χ3n) is 3.38. The van der Waals surface area contributed by atoms with E-state index >= 15 is 0 Å². The summed E-state index contributed by atoms with van der Waals surface area (Å²) in [5.41, 5.74) is -0.725. The lowest BCUT2D eigenvalue weighted by molar-refractivity contribution is -0.132. The van der Waals surface area contributed by atoms with Crippen molar-refractivity contribution in [3.05, 3.63) is 0 Å². The molecule has 0 radical (unpaired) electrons. The Bertz CT molecular complexity index is 381. The van der Waals surface area contributed by atoms with Crippen LogP contribution in [0.2, 0.25) is 0 Å². The number of urea groups is 1. The molecule has 0 aliphatic carbocycles. The molecule has 17 heavy (non-hydrogen) atoms. The Balaban J connectivity index is 2.13. The van der Waals surface area contributed by atoms with Gasteiger partial charge in [0, 0.05) is 6.54 Å². The summed E-state index contributed by atoms with van der Waals surface area (Å²) < 4.78 is 0. The van der Waals surface area contributed by atoms with Crippen LogP contribution in [0, 0.1) is 17.2 Å². The SMILES string of the molecule is CC(C#N)CN1C(=O)NC2(CCNCC2)C1=O. The highest BCUT2D eigenvalue weighted by Gasteiger charge is 2.51. The number of hydrogen-bond donors (Lipinski definition) is 2. The van der Waals surface area contributed by atoms with E-state index in [1.165, 1.54) is 4.90 Å². The maximum atomic E-state index is 12.2. The summed E-state index contributed by atoms with van der Waals surface area (Å²) in [7, 11) is 0. The van der Waals surface area contributed by atoms with E-state index in [0.717, 1.165) is 13.1 Å². The zero-order chi connectivity index (χ0) is 12.5. The molecule has 1 atom stereocenters. The van der Waals surface area contributed by atoms with Gasteiger partial charge in [-0.2, -0.15) is 5.26 Å². The zero-order valence-corrected chi connectivity index (χ0v) is 9.82. The second-order valence-corrected chi connectivity index (χ2v) is 4.71. The molecule has 6 heteroatoms. The van der Waals surface area contributed by atoms with Gasteiger partial charge in [-0.05, 0) is 32.9 Å². The molecule has 2 aliphatic heterocycles. The topological polar surface area (TPSA) is 85.2 Å². The number of carbonyl (C=O) groups excluding carboxylic acids is 2. The number of hydrogen-bond acceptors (Lipinski definition) is 4. The number of nitriles is 1. The molecule has 0 saturated carbocycles. The van der Waals surface area contributed by atoms with Gasteiger partial charge >= 0.3 is 6.03 Å². The number of piperidine rings is 1. The molecule has 0 bridgehead atoms. The lowest BCUT2D eigenvalue weighted by Gasteiger charge is -2.31. The quantitative estimate of drug-likeness (QED) is 0.651. The zero-order valence-electron chi connectivity index (χ0n) is 9.82. The maximum absolute atomic E-state index is 12.2. The molecule has 1 spiro atoms. The minimum Gasteiger partial charge on any atom is -0.323 e. The van der Waals surface area contributed by atoms with Crippen LogP contribution in [0.1, 0.15) is 19.8 Å². The van der Waals surface area contributed by atoms with Crippen LogP contribution in [0.5, 0.6) is 0 Å². The molecule has 6 nitrogen and oxygen atoms in total. The van der Waals surface area contributed by atoms with Crippen LogP contribution in [-0.4, -0.2) is 42.0 Å². The van der Waals surface area contributed by atoms with E-state index in [2.05, 4.69) is 10.6 Å². The first kappa shape index (κ1) is 11.9. The summed E-state index contributed by atoms with van der Waals surface area (Å²) in [4.78, 5) is 25.2. The molecule has 2 heterocycles. The summed E-state index contributed by atoms with van der Waals surface area (Å²) in [6.07, 6.45) is 1.24. The Kier molecular flexibility index (Phi) is 3.03. The summed E-state index contributed by atoms with van der Waals surface area (Å²) >= 11 is 0. The van der Waals surface area contributed by atoms with Crippen molar-refractivity contribution in [2.75, 3.05) is 19.6 Å². The highest BCUT2D eigenvalue weighted by molar-refractivity contribution is 6.07. The summed E-state index contributed by atoms with van der Waals surface area (Å²) in [6, 6.07) is 1.68. The second-order valence-electron chi connectivity index (χ2n) is 4.71. The van der Waals surface area contributed by atoms with Gasteiger partial charge in [0.1, 0.15) is 5.54 Å². The average Bonchev–Trinajstić information content (AvgIpc) is 2.55. The van der Waals surface area contributed by atoms with E-state index in [1.807, 2.05) is 6.07 Å². The van der Waals surface area contributed by atoms with Crippen molar-refractivity contribution < 1.29 is 9.59 Å². The first-order valence-corrected chi connectivity index (χ1v) is 5.83. The molecule has 2 rings (SSSR count). The van der Waals surface area contributed by atoms with Crippen molar-refractivity contribution >= 4 is 11.9 Å². The first-order chi connectivity index (χ1) is 8.09. The van der Waals surface area contributed by atoms with E-state index in [0.29, 0.717) is 12.8 Å². The number of amides is 3. The first-order valence-electron chi connectivity index (χ1n) is 5.83. The van der Waals surface area contributed by atoms with Crippen molar-refractivity contribution in [2.24, 2.45) is 5.92 Å². The summed E-state index contributed by atoms with van der Waals surface area (Å²) in [6.45, 7) is 3.34. The minimum absolute atomic E-state index is 0.175. The highest BCUT2D eigenvalue weighted by atomic mass is 16.2. The lowest BCUT2D eigenvalue weighted by Crippen LogP contribution is -2.54. The van der Waals surface area contributed by atoms with Crippen LogP contribution in [0.15, 0.2) is 0 Å². The molecule has 2 N–H and O–H groups in total. The van der Waals surface area contributed by atoms with E-state index in [-0.39, 0.29) is 24.4 Å². The molecule has 2 saturated heterocycles. The van der Waals surface area contributed by atoms with E-state index < -0.39 is 5.54 Å². The molecule has 1 unspecified atom stereocenters. The number of imide groups is 1. The van der Waals surface area contributed by atoms with Gasteiger partial charge in [0.25, 0.3) is 5.91 Å². The van der Waals surface area contributed by atoms with E-state index in [1.54, 1.807) is 6.92 Å². The van der Waals surface area contributed by atoms with Gasteiger partial charge in [-0.1, -0.05) is 0 Å². The molecule has 92 valence electrons. The number of nitrogens with one attached hydrogen (secondary N) is 2. The van der Waals surface area contributed by atoms with Gasteiger partial charge in [0.05, 0.1) is 12.0 Å². The third-order valence-corrected chi connectivity index (χ3v) is 3.38. The smallest absolute Gasteiger partial charge is 0.323 e. The van der Waals surface area contributed by atoms with Crippen LogP contribution in [0.4, 0.5) is 4.79 Å². The van der Waals surface area contributed by atoms with Crippen LogP contribution in [0.3, 0.4) is 0 Å². The van der Waals surface area contributed by atoms with Gasteiger partial charge in [-0.3, -0.25) is 9.69 Å². The highest BCUT2D eigenvalue weighted by Crippen LogP contribution is 2.27. The molecule has 0 aromatic rings. The molecular weight excluding hydrogens is 220 g/mol. The van der Waals surface area contributed by atoms with Crippen LogP contribution in [-0.2, 0) is 4.79 Å². The number of carbonyl (C=O) groups is 2. The fourth-order valence-corrected chi connectivity index (χ4v) is 2.35. The van der Waals surface area contributed by atoms with Gasteiger partial charge in [0.15, 0.2) is 0 Å². The normalized spacial score (nSPS) is 24.6. The van der Waals surface area contributed by atoms with Crippen molar-refractivity contribution in [1.82, 2.24) is 15.5 Å². The molecule has 2 fully saturated rings. The van der Waals surface area contributed by atoms with Crippen LogP contribution in [0.25, 0.3) is 0 Å². The third kappa shape index (κ3) is 1.98. The van der Waals surface area contributed by atoms with E-state index in [4.69, 9.17) is 5.26 Å². The second kappa shape index (κ2) is 4.34. The Morgan fingerprint density at radius 3 is 2.71 bits per heavy atom. The molecule has 0 aromatic carbocycles. The molecule has 2 aliphatic rings. The van der Waals surface area contributed by atoms with Crippen LogP contribution < -0.4 is 10.6 Å². The monoisotopic (exact) mass is 236 g/mol. The van der Waals surface area contributed by atoms with Gasteiger partial charge < -0.3 is 10.6 Å². The predicted octanol–water partition coefficient (Wildman–Crippen LogP) is -0.180. The van der Waals surface area contributed by atoms with Crippen LogP contribution >= 0.6 is 0 Å². The average molecular weight is 236 g/mol. The maximum Gasteiger partial charge on any atom is 0.325 e. The van der Waals surface area contributed by atoms with Crippen molar-refractivity contribution in [2.45, 2.75) is 25.3 Å². The fourth-order valence-electron chi connectivity index (χ4n) is 2.35. The fraction of sp³-hybridized carbons (Fsp3) is 0.727. The summed E-state index contributed by atoms with van der Waals surface area (Å²) in [5, 5.41) is 14.7. The van der Waals surface area contributed by atoms with Gasteiger partial charge in [-0.15, -0.1) is 0 Å². The van der Waals surface area contributed by atoms with Crippen molar-refractivity contribution in [3.8, 4) is 6.07 Å². The number of rotatable bonds is 2. The minimum atomic E-state index is -0.725. The Hall–Kier alpha value is -1.61. The number of nitrogens with zero attached hydrogens (tertiary/aromatic N) is 2. The van der Waals surface area contributed by atoms with Crippen molar-refractivity contribution in [1.29, 1.82) is 5.26 Å². The molecule has 3 amide bonds. The Morgan fingerprint density at radius 1 is 1.47 bits per heavy atom. The van der Waals surface area contributed by atoms with Gasteiger partial charge in [0.2, 0.25) is 0 Å². The largest absolute Gasteiger partial charge is 0.325 e.